The monoisotopic (exact) mass is 484 g/mol. The van der Waals surface area contributed by atoms with Gasteiger partial charge >= 0.3 is 6.18 Å². The van der Waals surface area contributed by atoms with Crippen molar-refractivity contribution in [2.45, 2.75) is 44.1 Å². The van der Waals surface area contributed by atoms with Crippen LogP contribution in [0.5, 0.6) is 5.75 Å². The Balaban J connectivity index is 1.36. The van der Waals surface area contributed by atoms with Gasteiger partial charge in [-0.3, -0.25) is 4.79 Å². The third-order valence-electron chi connectivity index (χ3n) is 6.73. The van der Waals surface area contributed by atoms with E-state index >= 15 is 0 Å². The van der Waals surface area contributed by atoms with Crippen LogP contribution in [0.1, 0.15) is 37.1 Å². The number of rotatable bonds is 5. The van der Waals surface area contributed by atoms with Crippen LogP contribution in [0.4, 0.5) is 13.2 Å². The van der Waals surface area contributed by atoms with Crippen LogP contribution in [0.15, 0.2) is 58.6 Å². The lowest BCUT2D eigenvalue weighted by Gasteiger charge is -2.34. The number of fused-ring (bicyclic) bond motifs is 2. The lowest BCUT2D eigenvalue weighted by Crippen LogP contribution is -2.54. The number of ether oxygens (including phenoxy) is 1. The SMILES string of the molecule is CC1=C(c2nc3c(OCC4CC4)cccc3o2)C(=O)N2NC(C(F)(F)F)C(c3ccccc3)C2N1. The minimum absolute atomic E-state index is 0.0319. The molecule has 3 aromatic rings. The van der Waals surface area contributed by atoms with Gasteiger partial charge in [-0.25, -0.2) is 15.4 Å². The molecule has 35 heavy (non-hydrogen) atoms. The minimum Gasteiger partial charge on any atom is -0.491 e. The standard InChI is InChI=1S/C25H23F3N4O3/c1-13-18(23-30-20-16(34-12-14-10-11-14)8-5-9-17(20)35-23)24(33)32-22(29-13)19(15-6-3-2-4-7-15)21(31-32)25(26,27)28/h2-9,14,19,21-22,29,31H,10-12H2,1H3. The largest absolute Gasteiger partial charge is 0.491 e. The zero-order valence-corrected chi connectivity index (χ0v) is 18.8. The molecule has 3 aliphatic rings. The number of hydrogen-bond donors (Lipinski definition) is 2. The number of nitrogens with zero attached hydrogens (tertiary/aromatic N) is 2. The summed E-state index contributed by atoms with van der Waals surface area (Å²) in [5, 5.41) is 4.12. The highest BCUT2D eigenvalue weighted by atomic mass is 19.4. The van der Waals surface area contributed by atoms with Crippen LogP contribution in [0.2, 0.25) is 0 Å². The highest BCUT2D eigenvalue weighted by molar-refractivity contribution is 6.20. The number of oxazole rings is 1. The quantitative estimate of drug-likeness (QED) is 0.561. The molecular weight excluding hydrogens is 461 g/mol. The second-order valence-electron chi connectivity index (χ2n) is 9.23. The van der Waals surface area contributed by atoms with E-state index in [2.05, 4.69) is 15.7 Å². The number of carbonyl (C=O) groups is 1. The predicted octanol–water partition coefficient (Wildman–Crippen LogP) is 4.34. The molecule has 3 heterocycles. The van der Waals surface area contributed by atoms with Crippen molar-refractivity contribution in [3.8, 4) is 5.75 Å². The first kappa shape index (κ1) is 22.0. The molecule has 0 bridgehead atoms. The van der Waals surface area contributed by atoms with Gasteiger partial charge in [-0.2, -0.15) is 13.2 Å². The fourth-order valence-corrected chi connectivity index (χ4v) is 4.78. The zero-order valence-electron chi connectivity index (χ0n) is 18.8. The lowest BCUT2D eigenvalue weighted by atomic mass is 9.89. The number of hydrogen-bond acceptors (Lipinski definition) is 6. The predicted molar refractivity (Wildman–Crippen MR) is 121 cm³/mol. The van der Waals surface area contributed by atoms with Crippen LogP contribution in [0.25, 0.3) is 16.7 Å². The van der Waals surface area contributed by atoms with E-state index < -0.39 is 30.2 Å². The Labute approximate surface area is 198 Å². The van der Waals surface area contributed by atoms with Crippen molar-refractivity contribution in [2.75, 3.05) is 6.61 Å². The Morgan fingerprint density at radius 2 is 1.91 bits per heavy atom. The highest BCUT2D eigenvalue weighted by Crippen LogP contribution is 2.43. The van der Waals surface area contributed by atoms with Crippen LogP contribution >= 0.6 is 0 Å². The maximum absolute atomic E-state index is 14.0. The van der Waals surface area contributed by atoms with Crippen LogP contribution in [-0.2, 0) is 4.79 Å². The molecule has 2 fully saturated rings. The van der Waals surface area contributed by atoms with E-state index in [0.29, 0.717) is 40.6 Å². The summed E-state index contributed by atoms with van der Waals surface area (Å²) in [6, 6.07) is 11.7. The molecule has 1 aliphatic carbocycles. The van der Waals surface area contributed by atoms with Gasteiger partial charge in [0.05, 0.1) is 12.5 Å². The Kier molecular flexibility index (Phi) is 5.03. The van der Waals surface area contributed by atoms with Gasteiger partial charge in [-0.05, 0) is 43.4 Å². The smallest absolute Gasteiger partial charge is 0.406 e. The van der Waals surface area contributed by atoms with Crippen LogP contribution < -0.4 is 15.5 Å². The van der Waals surface area contributed by atoms with Gasteiger partial charge in [-0.15, -0.1) is 0 Å². The number of carbonyl (C=O) groups excluding carboxylic acids is 1. The summed E-state index contributed by atoms with van der Waals surface area (Å²) in [6.45, 7) is 2.23. The van der Waals surface area contributed by atoms with Gasteiger partial charge in [0.15, 0.2) is 11.1 Å². The Bertz CT molecular complexity index is 1320. The molecule has 2 aromatic carbocycles. The Hall–Kier alpha value is -3.53. The summed E-state index contributed by atoms with van der Waals surface area (Å²) >= 11 is 0. The molecule has 1 saturated heterocycles. The van der Waals surface area contributed by atoms with Crippen molar-refractivity contribution >= 4 is 22.6 Å². The van der Waals surface area contributed by atoms with E-state index in [9.17, 15) is 18.0 Å². The number of benzene rings is 2. The number of allylic oxidation sites excluding steroid dienone is 1. The number of hydrazine groups is 1. The van der Waals surface area contributed by atoms with Gasteiger partial charge in [-0.1, -0.05) is 36.4 Å². The van der Waals surface area contributed by atoms with Crippen LogP contribution in [0, 0.1) is 5.92 Å². The van der Waals surface area contributed by atoms with Crippen molar-refractivity contribution in [1.29, 1.82) is 0 Å². The van der Waals surface area contributed by atoms with E-state index in [0.717, 1.165) is 17.9 Å². The van der Waals surface area contributed by atoms with Gasteiger partial charge in [0.1, 0.15) is 23.5 Å². The van der Waals surface area contributed by atoms with Crippen molar-refractivity contribution < 1.29 is 27.1 Å². The molecule has 2 N–H and O–H groups in total. The van der Waals surface area contributed by atoms with E-state index in [1.54, 1.807) is 55.5 Å². The maximum atomic E-state index is 14.0. The number of nitrogens with one attached hydrogen (secondary N) is 2. The summed E-state index contributed by atoms with van der Waals surface area (Å²) < 4.78 is 53.8. The van der Waals surface area contributed by atoms with E-state index in [1.807, 2.05) is 0 Å². The number of alkyl halides is 3. The average Bonchev–Trinajstić information content (AvgIpc) is 3.41. The van der Waals surface area contributed by atoms with Crippen LogP contribution in [0.3, 0.4) is 0 Å². The van der Waals surface area contributed by atoms with E-state index in [1.165, 1.54) is 0 Å². The minimum atomic E-state index is -4.57. The molecule has 1 amide bonds. The molecule has 7 nitrogen and oxygen atoms in total. The fraction of sp³-hybridized carbons (Fsp3) is 0.360. The first-order valence-electron chi connectivity index (χ1n) is 11.5. The summed E-state index contributed by atoms with van der Waals surface area (Å²) in [7, 11) is 0. The zero-order chi connectivity index (χ0) is 24.3. The van der Waals surface area contributed by atoms with Crippen molar-refractivity contribution in [2.24, 2.45) is 5.92 Å². The average molecular weight is 484 g/mol. The summed E-state index contributed by atoms with van der Waals surface area (Å²) in [5.74, 6) is -0.543. The molecule has 0 spiro atoms. The maximum Gasteiger partial charge on any atom is 0.406 e. The summed E-state index contributed by atoms with van der Waals surface area (Å²) in [4.78, 5) is 18.0. The van der Waals surface area contributed by atoms with Crippen molar-refractivity contribution in [3.05, 3.63) is 65.7 Å². The first-order valence-corrected chi connectivity index (χ1v) is 11.5. The molecule has 182 valence electrons. The first-order chi connectivity index (χ1) is 16.8. The van der Waals surface area contributed by atoms with Crippen LogP contribution in [-0.4, -0.2) is 40.9 Å². The molecule has 10 heteroatoms. The van der Waals surface area contributed by atoms with Crippen molar-refractivity contribution in [3.63, 3.8) is 0 Å². The second kappa shape index (κ2) is 8.01. The number of aromatic nitrogens is 1. The van der Waals surface area contributed by atoms with E-state index in [-0.39, 0.29) is 11.5 Å². The topological polar surface area (TPSA) is 79.6 Å². The van der Waals surface area contributed by atoms with Gasteiger partial charge in [0, 0.05) is 5.70 Å². The molecule has 3 unspecified atom stereocenters. The number of amides is 1. The Morgan fingerprint density at radius 3 is 2.63 bits per heavy atom. The molecule has 2 aliphatic heterocycles. The molecule has 6 rings (SSSR count). The van der Waals surface area contributed by atoms with Gasteiger partial charge in [0.25, 0.3) is 5.91 Å². The number of para-hydroxylation sites is 1. The van der Waals surface area contributed by atoms with Gasteiger partial charge in [0.2, 0.25) is 5.89 Å². The van der Waals surface area contributed by atoms with Crippen molar-refractivity contribution in [1.82, 2.24) is 20.7 Å². The lowest BCUT2D eigenvalue weighted by molar-refractivity contribution is -0.161. The third-order valence-corrected chi connectivity index (χ3v) is 6.73. The molecule has 1 saturated carbocycles. The van der Waals surface area contributed by atoms with Gasteiger partial charge < -0.3 is 14.5 Å². The second-order valence-corrected chi connectivity index (χ2v) is 9.23. The molecule has 1 aromatic heterocycles. The highest BCUT2D eigenvalue weighted by Gasteiger charge is 2.58. The third kappa shape index (κ3) is 3.81. The molecule has 0 radical (unpaired) electrons. The molecule has 3 atom stereocenters. The van der Waals surface area contributed by atoms with E-state index in [4.69, 9.17) is 9.15 Å². The molecular formula is C25H23F3N4O3. The summed E-state index contributed by atoms with van der Waals surface area (Å²) in [6.07, 6.45) is -3.22. The number of halogens is 3. The normalized spacial score (nSPS) is 24.6. The summed E-state index contributed by atoms with van der Waals surface area (Å²) in [5.41, 5.74) is 4.27. The fourth-order valence-electron chi connectivity index (χ4n) is 4.78. The Morgan fingerprint density at radius 1 is 1.14 bits per heavy atom.